The molecule has 5 nitrogen and oxygen atoms in total. The topological polar surface area (TPSA) is 65.4 Å². The molecule has 0 aliphatic carbocycles. The molecule has 0 radical (unpaired) electrons. The molecule has 2 unspecified atom stereocenters. The van der Waals surface area contributed by atoms with Crippen LogP contribution in [0.2, 0.25) is 0 Å². The Hall–Kier alpha value is -1.97. The maximum Gasteiger partial charge on any atom is 0.235 e. The standard InChI is InChI=1S/C18H24FN3O2/c1-13(2)18(3,12-20)21-17(23)11-22-8-9-24-16(10-22)14-4-6-15(19)7-5-14/h4-7,13,16H,8-11H2,1-3H3,(H,21,23). The lowest BCUT2D eigenvalue weighted by Gasteiger charge is -2.34. The molecule has 1 aromatic carbocycles. The number of nitriles is 1. The van der Waals surface area contributed by atoms with Crippen molar-refractivity contribution in [1.29, 1.82) is 5.26 Å². The molecule has 1 aliphatic rings. The van der Waals surface area contributed by atoms with Crippen LogP contribution in [0, 0.1) is 23.1 Å². The average Bonchev–Trinajstić information content (AvgIpc) is 2.55. The van der Waals surface area contributed by atoms with Crippen LogP contribution in [0.15, 0.2) is 24.3 Å². The van der Waals surface area contributed by atoms with E-state index in [4.69, 9.17) is 4.74 Å². The Bertz CT molecular complexity index is 612. The van der Waals surface area contributed by atoms with Gasteiger partial charge in [-0.2, -0.15) is 5.26 Å². The minimum Gasteiger partial charge on any atom is -0.371 e. The Morgan fingerprint density at radius 1 is 1.50 bits per heavy atom. The lowest BCUT2D eigenvalue weighted by molar-refractivity contribution is -0.126. The number of morpholine rings is 1. The summed E-state index contributed by atoms with van der Waals surface area (Å²) in [7, 11) is 0. The van der Waals surface area contributed by atoms with Gasteiger partial charge in [-0.25, -0.2) is 4.39 Å². The minimum atomic E-state index is -0.875. The molecule has 1 aromatic rings. The van der Waals surface area contributed by atoms with Crippen molar-refractivity contribution < 1.29 is 13.9 Å². The fourth-order valence-corrected chi connectivity index (χ4v) is 2.56. The zero-order valence-corrected chi connectivity index (χ0v) is 14.4. The fourth-order valence-electron chi connectivity index (χ4n) is 2.56. The highest BCUT2D eigenvalue weighted by molar-refractivity contribution is 5.79. The van der Waals surface area contributed by atoms with Gasteiger partial charge in [-0.15, -0.1) is 0 Å². The van der Waals surface area contributed by atoms with Crippen molar-refractivity contribution in [1.82, 2.24) is 10.2 Å². The number of hydrogen-bond donors (Lipinski definition) is 1. The third-order valence-electron chi connectivity index (χ3n) is 4.55. The van der Waals surface area contributed by atoms with Gasteiger partial charge in [0.25, 0.3) is 0 Å². The van der Waals surface area contributed by atoms with E-state index in [-0.39, 0.29) is 30.3 Å². The van der Waals surface area contributed by atoms with Crippen molar-refractivity contribution in [3.63, 3.8) is 0 Å². The van der Waals surface area contributed by atoms with E-state index in [1.165, 1.54) is 12.1 Å². The number of amides is 1. The summed E-state index contributed by atoms with van der Waals surface area (Å²) in [5.74, 6) is -0.439. The number of nitrogens with one attached hydrogen (secondary N) is 1. The van der Waals surface area contributed by atoms with E-state index in [9.17, 15) is 14.4 Å². The first-order valence-electron chi connectivity index (χ1n) is 8.15. The maximum absolute atomic E-state index is 13.0. The molecule has 6 heteroatoms. The van der Waals surface area contributed by atoms with E-state index >= 15 is 0 Å². The fraction of sp³-hybridized carbons (Fsp3) is 0.556. The third-order valence-corrected chi connectivity index (χ3v) is 4.55. The molecule has 0 bridgehead atoms. The van der Waals surface area contributed by atoms with Crippen LogP contribution in [0.5, 0.6) is 0 Å². The van der Waals surface area contributed by atoms with Gasteiger partial charge in [0.15, 0.2) is 0 Å². The summed E-state index contributed by atoms with van der Waals surface area (Å²) in [5.41, 5.74) is 0.0188. The summed E-state index contributed by atoms with van der Waals surface area (Å²) in [4.78, 5) is 14.3. The Labute approximate surface area is 142 Å². The number of rotatable bonds is 5. The van der Waals surface area contributed by atoms with Gasteiger partial charge in [0, 0.05) is 13.1 Å². The molecule has 1 aliphatic heterocycles. The zero-order chi connectivity index (χ0) is 17.7. The largest absolute Gasteiger partial charge is 0.371 e. The summed E-state index contributed by atoms with van der Waals surface area (Å²) < 4.78 is 18.8. The van der Waals surface area contributed by atoms with Crippen LogP contribution < -0.4 is 5.32 Å². The second-order valence-corrected chi connectivity index (χ2v) is 6.66. The SMILES string of the molecule is CC(C)C(C)(C#N)NC(=O)CN1CCOC(c2ccc(F)cc2)C1. The molecule has 1 heterocycles. The molecule has 2 rings (SSSR count). The summed E-state index contributed by atoms with van der Waals surface area (Å²) in [6, 6.07) is 8.40. The number of benzene rings is 1. The van der Waals surface area contributed by atoms with Gasteiger partial charge in [0.2, 0.25) is 5.91 Å². The molecule has 1 amide bonds. The maximum atomic E-state index is 13.0. The molecule has 0 aromatic heterocycles. The molecule has 0 saturated carbocycles. The van der Waals surface area contributed by atoms with Gasteiger partial charge in [-0.05, 0) is 30.5 Å². The van der Waals surface area contributed by atoms with E-state index in [1.807, 2.05) is 18.7 Å². The highest BCUT2D eigenvalue weighted by Crippen LogP contribution is 2.22. The van der Waals surface area contributed by atoms with Gasteiger partial charge < -0.3 is 10.1 Å². The number of hydrogen-bond acceptors (Lipinski definition) is 4. The molecule has 1 saturated heterocycles. The highest BCUT2D eigenvalue weighted by atomic mass is 19.1. The molecular weight excluding hydrogens is 309 g/mol. The summed E-state index contributed by atoms with van der Waals surface area (Å²) >= 11 is 0. The van der Waals surface area contributed by atoms with E-state index in [0.717, 1.165) is 5.56 Å². The quantitative estimate of drug-likeness (QED) is 0.897. The molecular formula is C18H24FN3O2. The smallest absolute Gasteiger partial charge is 0.235 e. The lowest BCUT2D eigenvalue weighted by atomic mass is 9.90. The van der Waals surface area contributed by atoms with Gasteiger partial charge in [0.05, 0.1) is 25.3 Å². The van der Waals surface area contributed by atoms with Crippen molar-refractivity contribution >= 4 is 5.91 Å². The second kappa shape index (κ2) is 7.73. The predicted molar refractivity (Wildman–Crippen MR) is 88.5 cm³/mol. The number of ether oxygens (including phenoxy) is 1. The highest BCUT2D eigenvalue weighted by Gasteiger charge is 2.31. The second-order valence-electron chi connectivity index (χ2n) is 6.66. The van der Waals surface area contributed by atoms with Gasteiger partial charge in [-0.3, -0.25) is 9.69 Å². The first-order valence-corrected chi connectivity index (χ1v) is 8.15. The minimum absolute atomic E-state index is 0.0168. The van der Waals surface area contributed by atoms with Crippen molar-refractivity contribution in [3.8, 4) is 6.07 Å². The van der Waals surface area contributed by atoms with Crippen LogP contribution >= 0.6 is 0 Å². The van der Waals surface area contributed by atoms with Crippen LogP contribution in [-0.4, -0.2) is 42.6 Å². The van der Waals surface area contributed by atoms with E-state index in [2.05, 4.69) is 11.4 Å². The van der Waals surface area contributed by atoms with Gasteiger partial charge in [-0.1, -0.05) is 26.0 Å². The number of nitrogens with zero attached hydrogens (tertiary/aromatic N) is 2. The number of halogens is 1. The van der Waals surface area contributed by atoms with Crippen LogP contribution in [-0.2, 0) is 9.53 Å². The van der Waals surface area contributed by atoms with Crippen LogP contribution in [0.3, 0.4) is 0 Å². The van der Waals surface area contributed by atoms with Crippen molar-refractivity contribution in [2.75, 3.05) is 26.2 Å². The summed E-state index contributed by atoms with van der Waals surface area (Å²) in [6.45, 7) is 7.47. The Kier molecular flexibility index (Phi) is 5.92. The van der Waals surface area contributed by atoms with Crippen molar-refractivity contribution in [2.45, 2.75) is 32.4 Å². The molecule has 1 N–H and O–H groups in total. The number of carbonyl (C=O) groups excluding carboxylic acids is 1. The number of carbonyl (C=O) groups is 1. The zero-order valence-electron chi connectivity index (χ0n) is 14.4. The molecule has 1 fully saturated rings. The normalized spacial score (nSPS) is 21.1. The van der Waals surface area contributed by atoms with Crippen molar-refractivity contribution in [3.05, 3.63) is 35.6 Å². The average molecular weight is 333 g/mol. The van der Waals surface area contributed by atoms with E-state index < -0.39 is 5.54 Å². The van der Waals surface area contributed by atoms with E-state index in [0.29, 0.717) is 19.7 Å². The monoisotopic (exact) mass is 333 g/mol. The Morgan fingerprint density at radius 3 is 2.75 bits per heavy atom. The third kappa shape index (κ3) is 4.53. The van der Waals surface area contributed by atoms with Crippen LogP contribution in [0.4, 0.5) is 4.39 Å². The van der Waals surface area contributed by atoms with Crippen LogP contribution in [0.25, 0.3) is 0 Å². The van der Waals surface area contributed by atoms with Crippen molar-refractivity contribution in [2.24, 2.45) is 5.92 Å². The van der Waals surface area contributed by atoms with Gasteiger partial charge in [0.1, 0.15) is 11.4 Å². The molecule has 24 heavy (non-hydrogen) atoms. The first kappa shape index (κ1) is 18.4. The summed E-state index contributed by atoms with van der Waals surface area (Å²) in [5, 5.41) is 12.1. The Morgan fingerprint density at radius 2 is 2.17 bits per heavy atom. The molecule has 130 valence electrons. The first-order chi connectivity index (χ1) is 11.3. The summed E-state index contributed by atoms with van der Waals surface area (Å²) in [6.07, 6.45) is -0.181. The predicted octanol–water partition coefficient (Wildman–Crippen LogP) is 2.25. The van der Waals surface area contributed by atoms with Gasteiger partial charge >= 0.3 is 0 Å². The van der Waals surface area contributed by atoms with E-state index in [1.54, 1.807) is 19.1 Å². The molecule has 2 atom stereocenters. The Balaban J connectivity index is 1.94. The molecule has 0 spiro atoms. The lowest BCUT2D eigenvalue weighted by Crippen LogP contribution is -2.53. The van der Waals surface area contributed by atoms with Crippen LogP contribution in [0.1, 0.15) is 32.4 Å².